The summed E-state index contributed by atoms with van der Waals surface area (Å²) in [5.74, 6) is 0.925. The lowest BCUT2D eigenvalue weighted by Crippen LogP contribution is -2.48. The van der Waals surface area contributed by atoms with Crippen LogP contribution in [0.4, 0.5) is 0 Å². The second kappa shape index (κ2) is 9.23. The highest BCUT2D eigenvalue weighted by atomic mass is 16.4. The summed E-state index contributed by atoms with van der Waals surface area (Å²) in [5, 5.41) is 17.5. The molecular weight excluding hydrogens is 382 g/mol. The number of carbonyl (C=O) groups excluding carboxylic acids is 1. The van der Waals surface area contributed by atoms with E-state index in [0.29, 0.717) is 37.6 Å². The van der Waals surface area contributed by atoms with Gasteiger partial charge in [0, 0.05) is 45.3 Å². The minimum atomic E-state index is -0.462. The average Bonchev–Trinajstić information content (AvgIpc) is 3.38. The third-order valence-corrected chi connectivity index (χ3v) is 5.19. The molecule has 1 saturated heterocycles. The van der Waals surface area contributed by atoms with Crippen LogP contribution in [-0.4, -0.2) is 68.1 Å². The van der Waals surface area contributed by atoms with Crippen LogP contribution in [0.15, 0.2) is 53.1 Å². The molecule has 1 fully saturated rings. The normalized spacial score (nSPS) is 16.0. The predicted molar refractivity (Wildman–Crippen MR) is 111 cm³/mol. The van der Waals surface area contributed by atoms with Crippen LogP contribution in [0.1, 0.15) is 34.5 Å². The molecule has 0 aliphatic carbocycles. The van der Waals surface area contributed by atoms with Crippen LogP contribution in [0.25, 0.3) is 0 Å². The van der Waals surface area contributed by atoms with Gasteiger partial charge in [0.1, 0.15) is 12.3 Å². The fraction of sp³-hybridized carbons (Fsp3) is 0.409. The highest BCUT2D eigenvalue weighted by molar-refractivity contribution is 5.91. The second-order valence-corrected chi connectivity index (χ2v) is 7.78. The number of aliphatic hydroxyl groups excluding tert-OH is 1. The zero-order valence-electron chi connectivity index (χ0n) is 17.1. The molecule has 8 nitrogen and oxygen atoms in total. The molecule has 3 heterocycles. The summed E-state index contributed by atoms with van der Waals surface area (Å²) in [6.07, 6.45) is 1.78. The molecule has 1 aromatic carbocycles. The van der Waals surface area contributed by atoms with Gasteiger partial charge in [0.15, 0.2) is 5.76 Å². The van der Waals surface area contributed by atoms with Crippen molar-refractivity contribution >= 4 is 5.91 Å². The van der Waals surface area contributed by atoms with Gasteiger partial charge in [-0.3, -0.25) is 9.69 Å². The lowest BCUT2D eigenvalue weighted by Gasteiger charge is -2.34. The van der Waals surface area contributed by atoms with Crippen LogP contribution in [0.5, 0.6) is 0 Å². The van der Waals surface area contributed by atoms with Crippen LogP contribution >= 0.6 is 0 Å². The highest BCUT2D eigenvalue weighted by Gasteiger charge is 2.24. The van der Waals surface area contributed by atoms with E-state index in [1.807, 2.05) is 11.0 Å². The molecule has 0 bridgehead atoms. The molecule has 1 atom stereocenters. The zero-order chi connectivity index (χ0) is 20.9. The maximum Gasteiger partial charge on any atom is 0.289 e. The van der Waals surface area contributed by atoms with Crippen LogP contribution in [-0.2, 0) is 19.5 Å². The fourth-order valence-electron chi connectivity index (χ4n) is 3.66. The van der Waals surface area contributed by atoms with E-state index >= 15 is 0 Å². The Kier molecular flexibility index (Phi) is 6.25. The van der Waals surface area contributed by atoms with E-state index in [0.717, 1.165) is 25.3 Å². The second-order valence-electron chi connectivity index (χ2n) is 7.78. The van der Waals surface area contributed by atoms with Crippen molar-refractivity contribution in [3.8, 4) is 0 Å². The third-order valence-electron chi connectivity index (χ3n) is 5.19. The number of carbonyl (C=O) groups is 1. The van der Waals surface area contributed by atoms with Crippen molar-refractivity contribution in [3.05, 3.63) is 71.4 Å². The van der Waals surface area contributed by atoms with Gasteiger partial charge in [-0.05, 0) is 24.6 Å². The molecule has 30 heavy (non-hydrogen) atoms. The van der Waals surface area contributed by atoms with E-state index in [2.05, 4.69) is 39.5 Å². The van der Waals surface area contributed by atoms with E-state index < -0.39 is 6.10 Å². The maximum absolute atomic E-state index is 12.8. The molecule has 0 saturated carbocycles. The van der Waals surface area contributed by atoms with Crippen molar-refractivity contribution in [3.63, 3.8) is 0 Å². The van der Waals surface area contributed by atoms with Gasteiger partial charge in [0.05, 0.1) is 11.8 Å². The average molecular weight is 409 g/mol. The van der Waals surface area contributed by atoms with Crippen molar-refractivity contribution in [2.24, 2.45) is 0 Å². The standard InChI is InChI=1S/C22H27N5O3/c1-17(28)13-19-15-27(24-23-19)16-20-7-8-21(30-20)22(29)26-11-9-25(10-12-26)14-18-5-3-2-4-6-18/h2-8,15,17,28H,9-14,16H2,1H3. The molecule has 1 unspecified atom stereocenters. The summed E-state index contributed by atoms with van der Waals surface area (Å²) < 4.78 is 7.42. The number of nitrogens with zero attached hydrogens (tertiary/aromatic N) is 5. The Morgan fingerprint density at radius 1 is 1.10 bits per heavy atom. The quantitative estimate of drug-likeness (QED) is 0.640. The van der Waals surface area contributed by atoms with Crippen molar-refractivity contribution in [2.45, 2.75) is 32.5 Å². The minimum Gasteiger partial charge on any atom is -0.454 e. The number of amides is 1. The number of hydrogen-bond acceptors (Lipinski definition) is 6. The summed E-state index contributed by atoms with van der Waals surface area (Å²) >= 11 is 0. The summed E-state index contributed by atoms with van der Waals surface area (Å²) in [5.41, 5.74) is 2.01. The summed E-state index contributed by atoms with van der Waals surface area (Å²) in [6.45, 7) is 6.08. The van der Waals surface area contributed by atoms with Crippen LogP contribution in [0.3, 0.4) is 0 Å². The van der Waals surface area contributed by atoms with Crippen LogP contribution in [0, 0.1) is 0 Å². The first-order valence-corrected chi connectivity index (χ1v) is 10.3. The summed E-state index contributed by atoms with van der Waals surface area (Å²) in [7, 11) is 0. The zero-order valence-corrected chi connectivity index (χ0v) is 17.1. The van der Waals surface area contributed by atoms with Crippen LogP contribution in [0.2, 0.25) is 0 Å². The number of furan rings is 1. The summed E-state index contributed by atoms with van der Waals surface area (Å²) in [6, 6.07) is 13.9. The highest BCUT2D eigenvalue weighted by Crippen LogP contribution is 2.15. The number of piperazine rings is 1. The van der Waals surface area contributed by atoms with Gasteiger partial charge >= 0.3 is 0 Å². The van der Waals surface area contributed by atoms with Gasteiger partial charge in [-0.15, -0.1) is 5.10 Å². The minimum absolute atomic E-state index is 0.0750. The van der Waals surface area contributed by atoms with E-state index in [1.165, 1.54) is 5.56 Å². The lowest BCUT2D eigenvalue weighted by molar-refractivity contribution is 0.0595. The largest absolute Gasteiger partial charge is 0.454 e. The first-order valence-electron chi connectivity index (χ1n) is 10.3. The fourth-order valence-corrected chi connectivity index (χ4v) is 3.66. The van der Waals surface area contributed by atoms with E-state index in [-0.39, 0.29) is 5.91 Å². The smallest absolute Gasteiger partial charge is 0.289 e. The Labute approximate surface area is 175 Å². The van der Waals surface area contributed by atoms with Gasteiger partial charge in [0.2, 0.25) is 0 Å². The Bertz CT molecular complexity index is 958. The van der Waals surface area contributed by atoms with Crippen molar-refractivity contribution in [1.82, 2.24) is 24.8 Å². The molecule has 8 heteroatoms. The van der Waals surface area contributed by atoms with Crippen molar-refractivity contribution in [2.75, 3.05) is 26.2 Å². The first-order chi connectivity index (χ1) is 14.6. The molecular formula is C22H27N5O3. The SMILES string of the molecule is CC(O)Cc1cn(Cc2ccc(C(=O)N3CCN(Cc4ccccc4)CC3)o2)nn1. The van der Waals surface area contributed by atoms with Gasteiger partial charge in [-0.25, -0.2) is 4.68 Å². The molecule has 1 N–H and O–H groups in total. The van der Waals surface area contributed by atoms with Crippen molar-refractivity contribution < 1.29 is 14.3 Å². The monoisotopic (exact) mass is 409 g/mol. The third kappa shape index (κ3) is 5.14. The van der Waals surface area contributed by atoms with Gasteiger partial charge < -0.3 is 14.4 Å². The van der Waals surface area contributed by atoms with Gasteiger partial charge in [-0.1, -0.05) is 35.5 Å². The molecule has 3 aromatic rings. The van der Waals surface area contributed by atoms with Crippen LogP contribution < -0.4 is 0 Å². The molecule has 1 amide bonds. The Hall–Kier alpha value is -2.97. The number of hydrogen-bond donors (Lipinski definition) is 1. The number of rotatable bonds is 7. The van der Waals surface area contributed by atoms with E-state index in [4.69, 9.17) is 4.42 Å². The number of aliphatic hydroxyl groups is 1. The Morgan fingerprint density at radius 2 is 1.87 bits per heavy atom. The predicted octanol–water partition coefficient (Wildman–Crippen LogP) is 1.80. The topological polar surface area (TPSA) is 87.6 Å². The maximum atomic E-state index is 12.8. The number of benzene rings is 1. The van der Waals surface area contributed by atoms with E-state index in [9.17, 15) is 9.90 Å². The van der Waals surface area contributed by atoms with E-state index in [1.54, 1.807) is 29.9 Å². The Balaban J connectivity index is 1.29. The molecule has 1 aliphatic heterocycles. The molecule has 0 spiro atoms. The van der Waals surface area contributed by atoms with Gasteiger partial charge in [0.25, 0.3) is 5.91 Å². The van der Waals surface area contributed by atoms with Gasteiger partial charge in [-0.2, -0.15) is 0 Å². The molecule has 2 aromatic heterocycles. The first kappa shape index (κ1) is 20.3. The lowest BCUT2D eigenvalue weighted by atomic mass is 10.2. The molecule has 1 aliphatic rings. The molecule has 158 valence electrons. The Morgan fingerprint density at radius 3 is 2.60 bits per heavy atom. The number of aromatic nitrogens is 3. The summed E-state index contributed by atoms with van der Waals surface area (Å²) in [4.78, 5) is 17.0. The molecule has 4 rings (SSSR count). The van der Waals surface area contributed by atoms with Crippen molar-refractivity contribution in [1.29, 1.82) is 0 Å². The molecule has 0 radical (unpaired) electrons.